The van der Waals surface area contributed by atoms with Crippen LogP contribution in [0.3, 0.4) is 0 Å². The third kappa shape index (κ3) is 4.73. The van der Waals surface area contributed by atoms with E-state index in [9.17, 15) is 9.59 Å². The summed E-state index contributed by atoms with van der Waals surface area (Å²) in [6, 6.07) is 22.2. The zero-order valence-corrected chi connectivity index (χ0v) is 19.2. The summed E-state index contributed by atoms with van der Waals surface area (Å²) in [5.74, 6) is 0.457. The molecular formula is C25H23BrN4O2. The number of halogens is 1. The van der Waals surface area contributed by atoms with Crippen molar-refractivity contribution in [2.45, 2.75) is 19.9 Å². The minimum atomic E-state index is -0.278. The fourth-order valence-electron chi connectivity index (χ4n) is 3.64. The third-order valence-electron chi connectivity index (χ3n) is 5.23. The van der Waals surface area contributed by atoms with Gasteiger partial charge < -0.3 is 15.2 Å². The molecule has 0 spiro atoms. The molecule has 0 unspecified atom stereocenters. The number of hydrogen-bond acceptors (Lipinski definition) is 3. The van der Waals surface area contributed by atoms with E-state index in [4.69, 9.17) is 0 Å². The van der Waals surface area contributed by atoms with Crippen molar-refractivity contribution in [3.05, 3.63) is 94.2 Å². The van der Waals surface area contributed by atoms with Crippen molar-refractivity contribution in [1.29, 1.82) is 0 Å². The first kappa shape index (κ1) is 21.8. The largest absolute Gasteiger partial charge is 0.352 e. The van der Waals surface area contributed by atoms with E-state index >= 15 is 0 Å². The van der Waals surface area contributed by atoms with Gasteiger partial charge in [0.1, 0.15) is 5.82 Å². The predicted molar refractivity (Wildman–Crippen MR) is 130 cm³/mol. The van der Waals surface area contributed by atoms with Crippen LogP contribution in [0.25, 0.3) is 11.0 Å². The molecule has 6 nitrogen and oxygen atoms in total. The van der Waals surface area contributed by atoms with Crippen LogP contribution < -0.4 is 10.6 Å². The molecule has 2 N–H and O–H groups in total. The van der Waals surface area contributed by atoms with E-state index in [2.05, 4.69) is 42.2 Å². The standard InChI is InChI=1S/C25H23BrN4O2/c1-17-28-22-13-6-7-14-23(22)30(17)16-8-15-27-24(31)19-10-3-5-12-21(19)29-25(32)18-9-2-4-11-20(18)26/h2-7,9-14H,8,15-16H2,1H3,(H,27,31)(H,29,32). The molecular weight excluding hydrogens is 468 g/mol. The van der Waals surface area contributed by atoms with E-state index in [1.807, 2.05) is 31.2 Å². The average molecular weight is 491 g/mol. The lowest BCUT2D eigenvalue weighted by molar-refractivity contribution is 0.0953. The number of nitrogens with zero attached hydrogens (tertiary/aromatic N) is 2. The Balaban J connectivity index is 1.38. The maximum Gasteiger partial charge on any atom is 0.256 e. The van der Waals surface area contributed by atoms with Crippen molar-refractivity contribution < 1.29 is 9.59 Å². The molecule has 0 saturated carbocycles. The van der Waals surface area contributed by atoms with Crippen LogP contribution in [0.5, 0.6) is 0 Å². The number of nitrogens with one attached hydrogen (secondary N) is 2. The molecule has 3 aromatic carbocycles. The summed E-state index contributed by atoms with van der Waals surface area (Å²) in [6.45, 7) is 3.26. The van der Waals surface area contributed by atoms with Crippen molar-refractivity contribution in [3.63, 3.8) is 0 Å². The van der Waals surface area contributed by atoms with E-state index in [0.29, 0.717) is 27.8 Å². The van der Waals surface area contributed by atoms with Crippen molar-refractivity contribution in [2.75, 3.05) is 11.9 Å². The van der Waals surface area contributed by atoms with Crippen molar-refractivity contribution >= 4 is 44.5 Å². The van der Waals surface area contributed by atoms with E-state index < -0.39 is 0 Å². The minimum absolute atomic E-state index is 0.222. The van der Waals surface area contributed by atoms with E-state index in [-0.39, 0.29) is 11.8 Å². The molecule has 162 valence electrons. The van der Waals surface area contributed by atoms with Crippen LogP contribution >= 0.6 is 15.9 Å². The second kappa shape index (κ2) is 9.78. The normalized spacial score (nSPS) is 10.8. The molecule has 7 heteroatoms. The number of fused-ring (bicyclic) bond motifs is 1. The number of para-hydroxylation sites is 3. The number of anilines is 1. The van der Waals surface area contributed by atoms with Gasteiger partial charge in [-0.25, -0.2) is 4.98 Å². The van der Waals surface area contributed by atoms with Crippen molar-refractivity contribution in [2.24, 2.45) is 0 Å². The molecule has 32 heavy (non-hydrogen) atoms. The summed E-state index contributed by atoms with van der Waals surface area (Å²) < 4.78 is 2.86. The Hall–Kier alpha value is -3.45. The monoisotopic (exact) mass is 490 g/mol. The molecule has 4 rings (SSSR count). The first-order valence-corrected chi connectivity index (χ1v) is 11.2. The van der Waals surface area contributed by atoms with Crippen LogP contribution in [-0.2, 0) is 6.54 Å². The Morgan fingerprint density at radius 2 is 1.59 bits per heavy atom. The van der Waals surface area contributed by atoms with Gasteiger partial charge >= 0.3 is 0 Å². The summed E-state index contributed by atoms with van der Waals surface area (Å²) in [7, 11) is 0. The number of benzene rings is 3. The minimum Gasteiger partial charge on any atom is -0.352 e. The number of hydrogen-bond donors (Lipinski definition) is 2. The highest BCUT2D eigenvalue weighted by Gasteiger charge is 2.15. The lowest BCUT2D eigenvalue weighted by Gasteiger charge is -2.12. The fourth-order valence-corrected chi connectivity index (χ4v) is 4.10. The van der Waals surface area contributed by atoms with Crippen molar-refractivity contribution in [1.82, 2.24) is 14.9 Å². The van der Waals surface area contributed by atoms with Gasteiger partial charge in [0.15, 0.2) is 0 Å². The predicted octanol–water partition coefficient (Wildman–Crippen LogP) is 5.18. The molecule has 0 aliphatic heterocycles. The smallest absolute Gasteiger partial charge is 0.256 e. The number of imidazole rings is 1. The zero-order valence-electron chi connectivity index (χ0n) is 17.6. The van der Waals surface area contributed by atoms with Crippen molar-refractivity contribution in [3.8, 4) is 0 Å². The summed E-state index contributed by atoms with van der Waals surface area (Å²) in [6.07, 6.45) is 0.762. The van der Waals surface area contributed by atoms with E-state index in [1.165, 1.54) is 0 Å². The quantitative estimate of drug-likeness (QED) is 0.350. The van der Waals surface area contributed by atoms with Crippen LogP contribution in [0.15, 0.2) is 77.3 Å². The molecule has 0 aliphatic carbocycles. The van der Waals surface area contributed by atoms with Gasteiger partial charge in [0.2, 0.25) is 0 Å². The van der Waals surface area contributed by atoms with Crippen LogP contribution in [0.1, 0.15) is 33.0 Å². The van der Waals surface area contributed by atoms with Crippen LogP contribution in [-0.4, -0.2) is 27.9 Å². The highest BCUT2D eigenvalue weighted by atomic mass is 79.9. The number of amides is 2. The Morgan fingerprint density at radius 3 is 2.41 bits per heavy atom. The maximum absolute atomic E-state index is 12.8. The summed E-state index contributed by atoms with van der Waals surface area (Å²) in [5, 5.41) is 5.81. The van der Waals surface area contributed by atoms with E-state index in [0.717, 1.165) is 29.8 Å². The molecule has 0 saturated heterocycles. The lowest BCUT2D eigenvalue weighted by atomic mass is 10.1. The first-order chi connectivity index (χ1) is 15.5. The molecule has 1 heterocycles. The van der Waals surface area contributed by atoms with Gasteiger partial charge in [0.25, 0.3) is 11.8 Å². The van der Waals surface area contributed by atoms with Gasteiger partial charge in [-0.3, -0.25) is 9.59 Å². The second-order valence-electron chi connectivity index (χ2n) is 7.39. The van der Waals surface area contributed by atoms with Gasteiger partial charge in [0, 0.05) is 17.6 Å². The molecule has 2 amide bonds. The number of aryl methyl sites for hydroxylation is 2. The molecule has 1 aromatic heterocycles. The fraction of sp³-hybridized carbons (Fsp3) is 0.160. The topological polar surface area (TPSA) is 76.0 Å². The Bertz CT molecular complexity index is 1280. The first-order valence-electron chi connectivity index (χ1n) is 10.4. The maximum atomic E-state index is 12.8. The van der Waals surface area contributed by atoms with Gasteiger partial charge in [-0.15, -0.1) is 0 Å². The van der Waals surface area contributed by atoms with Crippen LogP contribution in [0.2, 0.25) is 0 Å². The summed E-state index contributed by atoms with van der Waals surface area (Å²) >= 11 is 3.39. The highest BCUT2D eigenvalue weighted by Crippen LogP contribution is 2.20. The van der Waals surface area contributed by atoms with Gasteiger partial charge in [-0.1, -0.05) is 36.4 Å². The Morgan fingerprint density at radius 1 is 0.906 bits per heavy atom. The highest BCUT2D eigenvalue weighted by molar-refractivity contribution is 9.10. The molecule has 0 aliphatic rings. The van der Waals surface area contributed by atoms with Crippen LogP contribution in [0.4, 0.5) is 5.69 Å². The number of rotatable bonds is 7. The SMILES string of the molecule is Cc1nc2ccccc2n1CCCNC(=O)c1ccccc1NC(=O)c1ccccc1Br. The van der Waals surface area contributed by atoms with Gasteiger partial charge in [-0.2, -0.15) is 0 Å². The second-order valence-corrected chi connectivity index (χ2v) is 8.24. The average Bonchev–Trinajstić information content (AvgIpc) is 3.12. The zero-order chi connectivity index (χ0) is 22.5. The van der Waals surface area contributed by atoms with Crippen LogP contribution in [0, 0.1) is 6.92 Å². The number of aromatic nitrogens is 2. The number of carbonyl (C=O) groups excluding carboxylic acids is 2. The molecule has 0 bridgehead atoms. The molecule has 4 aromatic rings. The Labute approximate surface area is 194 Å². The Kier molecular flexibility index (Phi) is 6.66. The third-order valence-corrected chi connectivity index (χ3v) is 5.92. The molecule has 0 radical (unpaired) electrons. The molecule has 0 fully saturated rings. The molecule has 0 atom stereocenters. The van der Waals surface area contributed by atoms with Gasteiger partial charge in [0.05, 0.1) is 27.8 Å². The van der Waals surface area contributed by atoms with Gasteiger partial charge in [-0.05, 0) is 65.7 Å². The van der Waals surface area contributed by atoms with E-state index in [1.54, 1.807) is 42.5 Å². The summed E-state index contributed by atoms with van der Waals surface area (Å²) in [5.41, 5.74) is 3.48. The lowest BCUT2D eigenvalue weighted by Crippen LogP contribution is -2.27. The number of carbonyl (C=O) groups is 2. The summed E-state index contributed by atoms with van der Waals surface area (Å²) in [4.78, 5) is 30.0.